The fraction of sp³-hybridized carbons (Fsp3) is 0.438. The topological polar surface area (TPSA) is 34.1 Å². The second kappa shape index (κ2) is 6.09. The van der Waals surface area contributed by atoms with Gasteiger partial charge >= 0.3 is 0 Å². The van der Waals surface area contributed by atoms with Crippen LogP contribution >= 0.6 is 0 Å². The van der Waals surface area contributed by atoms with Gasteiger partial charge in [0.1, 0.15) is 5.76 Å². The van der Waals surface area contributed by atoms with E-state index < -0.39 is 0 Å². The summed E-state index contributed by atoms with van der Waals surface area (Å²) in [6.07, 6.45) is 0.454. The van der Waals surface area contributed by atoms with Crippen molar-refractivity contribution in [3.8, 4) is 0 Å². The Balaban J connectivity index is 2.33. The maximum atomic E-state index is 5.77. The molecular weight excluding hydrogens is 252 g/mol. The number of nitrogens with zero attached hydrogens (tertiary/aromatic N) is 2. The summed E-state index contributed by atoms with van der Waals surface area (Å²) in [6, 6.07) is 6.06. The molecule has 2 unspecified atom stereocenters. The first-order valence-corrected chi connectivity index (χ1v) is 6.79. The maximum absolute atomic E-state index is 5.77. The average Bonchev–Trinajstić information content (AvgIpc) is 2.44. The van der Waals surface area contributed by atoms with E-state index in [9.17, 15) is 0 Å². The first-order valence-electron chi connectivity index (χ1n) is 6.79. The Kier molecular flexibility index (Phi) is 4.45. The molecule has 4 heteroatoms. The number of anilines is 1. The van der Waals surface area contributed by atoms with Crippen LogP contribution in [0.25, 0.3) is 5.76 Å². The third-order valence-electron chi connectivity index (χ3n) is 3.48. The van der Waals surface area contributed by atoms with E-state index in [1.165, 1.54) is 0 Å². The smallest absolute Gasteiger partial charge is 0.121 e. The second-order valence-electron chi connectivity index (χ2n) is 5.15. The van der Waals surface area contributed by atoms with Gasteiger partial charge in [-0.05, 0) is 38.8 Å². The van der Waals surface area contributed by atoms with Crippen LogP contribution in [-0.4, -0.2) is 39.1 Å². The molecule has 1 aliphatic heterocycles. The highest BCUT2D eigenvalue weighted by Gasteiger charge is 2.23. The largest absolute Gasteiger partial charge is 0.497 e. The van der Waals surface area contributed by atoms with E-state index in [0.717, 1.165) is 30.0 Å². The molecule has 0 N–H and O–H groups in total. The van der Waals surface area contributed by atoms with Crippen LogP contribution in [0.1, 0.15) is 19.4 Å². The van der Waals surface area contributed by atoms with Crippen LogP contribution < -0.4 is 4.90 Å². The van der Waals surface area contributed by atoms with Crippen LogP contribution in [0.15, 0.2) is 29.8 Å². The normalized spacial score (nSPS) is 22.4. The molecule has 1 aromatic rings. The van der Waals surface area contributed by atoms with E-state index in [2.05, 4.69) is 49.2 Å². The summed E-state index contributed by atoms with van der Waals surface area (Å²) in [5.41, 5.74) is 2.80. The minimum absolute atomic E-state index is 0.227. The summed E-state index contributed by atoms with van der Waals surface area (Å²) in [7, 11) is 1.61. The van der Waals surface area contributed by atoms with Crippen molar-refractivity contribution in [1.82, 2.24) is 0 Å². The number of ether oxygens (including phenoxy) is 2. The maximum Gasteiger partial charge on any atom is 0.121 e. The van der Waals surface area contributed by atoms with Crippen LogP contribution in [-0.2, 0) is 9.47 Å². The van der Waals surface area contributed by atoms with Gasteiger partial charge in [0, 0.05) is 24.3 Å². The molecule has 0 aliphatic carbocycles. The van der Waals surface area contributed by atoms with Crippen LogP contribution in [0.3, 0.4) is 0 Å². The highest BCUT2D eigenvalue weighted by molar-refractivity contribution is 5.74. The Morgan fingerprint density at radius 3 is 2.55 bits per heavy atom. The van der Waals surface area contributed by atoms with Crippen molar-refractivity contribution in [3.05, 3.63) is 30.3 Å². The predicted molar refractivity (Wildman–Crippen MR) is 83.9 cm³/mol. The predicted octanol–water partition coefficient (Wildman–Crippen LogP) is 3.25. The number of hydrogen-bond donors (Lipinski definition) is 0. The summed E-state index contributed by atoms with van der Waals surface area (Å²) < 4.78 is 11.0. The van der Waals surface area contributed by atoms with Crippen LogP contribution in [0.2, 0.25) is 0 Å². The molecule has 2 rings (SSSR count). The number of methoxy groups -OCH3 is 1. The van der Waals surface area contributed by atoms with Crippen molar-refractivity contribution < 1.29 is 9.47 Å². The molecule has 0 amide bonds. The first-order chi connectivity index (χ1) is 9.55. The second-order valence-corrected chi connectivity index (χ2v) is 5.15. The molecule has 0 bridgehead atoms. The lowest BCUT2D eigenvalue weighted by Crippen LogP contribution is -2.45. The molecule has 108 valence electrons. The van der Waals surface area contributed by atoms with Gasteiger partial charge in [-0.3, -0.25) is 4.99 Å². The number of morpholine rings is 1. The minimum Gasteiger partial charge on any atom is -0.497 e. The monoisotopic (exact) mass is 274 g/mol. The Bertz CT molecular complexity index is 503. The number of benzene rings is 1. The van der Waals surface area contributed by atoms with Crippen LogP contribution in [0.4, 0.5) is 11.4 Å². The third kappa shape index (κ3) is 3.02. The van der Waals surface area contributed by atoms with Crippen molar-refractivity contribution in [2.24, 2.45) is 4.99 Å². The first kappa shape index (κ1) is 14.6. The molecule has 2 atom stereocenters. The quantitative estimate of drug-likeness (QED) is 0.624. The summed E-state index contributed by atoms with van der Waals surface area (Å²) in [4.78, 5) is 6.34. The van der Waals surface area contributed by atoms with Gasteiger partial charge in [-0.2, -0.15) is 0 Å². The van der Waals surface area contributed by atoms with Gasteiger partial charge in [0.2, 0.25) is 0 Å². The summed E-state index contributed by atoms with van der Waals surface area (Å²) in [5.74, 6) is 0.601. The van der Waals surface area contributed by atoms with E-state index in [1.807, 2.05) is 6.07 Å². The third-order valence-corrected chi connectivity index (χ3v) is 3.48. The molecule has 4 nitrogen and oxygen atoms in total. The van der Waals surface area contributed by atoms with Gasteiger partial charge in [0.15, 0.2) is 0 Å². The molecule has 1 fully saturated rings. The summed E-state index contributed by atoms with van der Waals surface area (Å²) in [6.45, 7) is 13.5. The van der Waals surface area contributed by atoms with Gasteiger partial charge in [-0.1, -0.05) is 6.58 Å². The highest BCUT2D eigenvalue weighted by atomic mass is 16.5. The van der Waals surface area contributed by atoms with Gasteiger partial charge < -0.3 is 14.4 Å². The zero-order chi connectivity index (χ0) is 14.7. The molecule has 20 heavy (non-hydrogen) atoms. The van der Waals surface area contributed by atoms with Gasteiger partial charge in [-0.25, -0.2) is 0 Å². The van der Waals surface area contributed by atoms with Gasteiger partial charge in [0.05, 0.1) is 25.0 Å². The fourth-order valence-electron chi connectivity index (χ4n) is 2.58. The molecule has 0 spiro atoms. The molecule has 0 saturated carbocycles. The van der Waals surface area contributed by atoms with Gasteiger partial charge in [-0.15, -0.1) is 0 Å². The fourth-order valence-corrected chi connectivity index (χ4v) is 2.58. The lowest BCUT2D eigenvalue weighted by Gasteiger charge is -2.37. The number of rotatable bonds is 4. The van der Waals surface area contributed by atoms with Crippen molar-refractivity contribution in [2.45, 2.75) is 26.1 Å². The van der Waals surface area contributed by atoms with E-state index in [4.69, 9.17) is 9.47 Å². The minimum atomic E-state index is 0.227. The Labute approximate surface area is 120 Å². The van der Waals surface area contributed by atoms with Crippen LogP contribution in [0, 0.1) is 0 Å². The molecule has 0 radical (unpaired) electrons. The van der Waals surface area contributed by atoms with E-state index in [0.29, 0.717) is 5.76 Å². The van der Waals surface area contributed by atoms with Crippen LogP contribution in [0.5, 0.6) is 0 Å². The molecule has 1 heterocycles. The molecule has 1 saturated heterocycles. The SMILES string of the molecule is C=Nc1ccc(N2CC(C)OC(C)C2)cc1C(=C)OC. The standard InChI is InChI=1S/C16H22N2O2/c1-11-9-18(10-12(2)20-11)14-6-7-16(17-4)15(8-14)13(3)19-5/h6-8,11-12H,3-4,9-10H2,1-2,5H3. The molecule has 1 aromatic carbocycles. The molecule has 1 aliphatic rings. The van der Waals surface area contributed by atoms with Crippen molar-refractivity contribution >= 4 is 23.9 Å². The lowest BCUT2D eigenvalue weighted by molar-refractivity contribution is -0.00521. The number of hydrogen-bond acceptors (Lipinski definition) is 4. The van der Waals surface area contributed by atoms with Crippen molar-refractivity contribution in [3.63, 3.8) is 0 Å². The molecular formula is C16H22N2O2. The number of aliphatic imine (C=N–C) groups is 1. The van der Waals surface area contributed by atoms with Gasteiger partial charge in [0.25, 0.3) is 0 Å². The van der Waals surface area contributed by atoms with Crippen molar-refractivity contribution in [1.29, 1.82) is 0 Å². The van der Waals surface area contributed by atoms with E-state index >= 15 is 0 Å². The molecule has 0 aromatic heterocycles. The average molecular weight is 274 g/mol. The Hall–Kier alpha value is -1.81. The Morgan fingerprint density at radius 1 is 1.35 bits per heavy atom. The van der Waals surface area contributed by atoms with Crippen molar-refractivity contribution in [2.75, 3.05) is 25.1 Å². The zero-order valence-corrected chi connectivity index (χ0v) is 12.4. The van der Waals surface area contributed by atoms with E-state index in [1.54, 1.807) is 7.11 Å². The Morgan fingerprint density at radius 2 is 2.00 bits per heavy atom. The summed E-state index contributed by atoms with van der Waals surface area (Å²) in [5, 5.41) is 0. The highest BCUT2D eigenvalue weighted by Crippen LogP contribution is 2.31. The summed E-state index contributed by atoms with van der Waals surface area (Å²) >= 11 is 0. The lowest BCUT2D eigenvalue weighted by atomic mass is 10.1. The van der Waals surface area contributed by atoms with E-state index in [-0.39, 0.29) is 12.2 Å². The zero-order valence-electron chi connectivity index (χ0n) is 12.4.